The summed E-state index contributed by atoms with van der Waals surface area (Å²) in [4.78, 5) is 14.0. The van der Waals surface area contributed by atoms with E-state index in [0.717, 1.165) is 25.0 Å². The average molecular weight is 345 g/mol. The number of likely N-dealkylation sites (tertiary alicyclic amines) is 1. The van der Waals surface area contributed by atoms with Gasteiger partial charge in [0.2, 0.25) is 0 Å². The average Bonchev–Trinajstić information content (AvgIpc) is 2.58. The smallest absolute Gasteiger partial charge is 0.382 e. The molecule has 0 bridgehead atoms. The molecule has 1 heterocycles. The summed E-state index contributed by atoms with van der Waals surface area (Å²) in [7, 11) is 1.61. The summed E-state index contributed by atoms with van der Waals surface area (Å²) in [5.74, 6) is 0.0206. The van der Waals surface area contributed by atoms with Crippen LogP contribution in [0.25, 0.3) is 0 Å². The molecule has 0 radical (unpaired) electrons. The van der Waals surface area contributed by atoms with E-state index >= 15 is 0 Å². The van der Waals surface area contributed by atoms with E-state index < -0.39 is 11.7 Å². The quantitative estimate of drug-likeness (QED) is 0.743. The summed E-state index contributed by atoms with van der Waals surface area (Å²) in [6.07, 6.45) is -2.86. The number of hydrogen-bond donors (Lipinski definition) is 0. The normalized spacial score (nSPS) is 16.4. The molecule has 1 saturated heterocycles. The van der Waals surface area contributed by atoms with Crippen LogP contribution in [0.4, 0.5) is 13.2 Å². The minimum absolute atomic E-state index is 0.0830. The Hall–Kier alpha value is -1.60. The van der Waals surface area contributed by atoms with E-state index in [1.165, 1.54) is 12.1 Å². The Kier molecular flexibility index (Phi) is 6.62. The number of methoxy groups -OCH3 is 1. The molecule has 1 aliphatic heterocycles. The van der Waals surface area contributed by atoms with Crippen molar-refractivity contribution in [3.8, 4) is 0 Å². The van der Waals surface area contributed by atoms with Crippen LogP contribution in [0.2, 0.25) is 0 Å². The lowest BCUT2D eigenvalue weighted by Gasteiger charge is -2.32. The second-order valence-electron chi connectivity index (χ2n) is 5.88. The summed E-state index contributed by atoms with van der Waals surface area (Å²) in [5.41, 5.74) is -0.714. The molecule has 7 heteroatoms. The standard InChI is InChI=1S/C17H22F3NO3/c1-23-9-10-24-12-13-5-7-21(8-6-13)16(22)14-3-2-4-15(11-14)17(18,19)20/h2-4,11,13H,5-10,12H2,1H3. The number of rotatable bonds is 6. The zero-order chi connectivity index (χ0) is 17.6. The minimum atomic E-state index is -4.44. The van der Waals surface area contributed by atoms with E-state index in [4.69, 9.17) is 9.47 Å². The third-order valence-corrected chi connectivity index (χ3v) is 4.12. The highest BCUT2D eigenvalue weighted by Gasteiger charge is 2.31. The van der Waals surface area contributed by atoms with Crippen molar-refractivity contribution in [2.45, 2.75) is 19.0 Å². The van der Waals surface area contributed by atoms with Crippen LogP contribution in [0.1, 0.15) is 28.8 Å². The van der Waals surface area contributed by atoms with Gasteiger partial charge in [0.05, 0.1) is 18.8 Å². The van der Waals surface area contributed by atoms with Crippen LogP contribution in [-0.2, 0) is 15.7 Å². The molecule has 0 N–H and O–H groups in total. The molecule has 0 aliphatic carbocycles. The number of carbonyl (C=O) groups excluding carboxylic acids is 1. The van der Waals surface area contributed by atoms with Gasteiger partial charge in [0.15, 0.2) is 0 Å². The fourth-order valence-electron chi connectivity index (χ4n) is 2.71. The number of nitrogens with zero attached hydrogens (tertiary/aromatic N) is 1. The molecule has 2 rings (SSSR count). The predicted octanol–water partition coefficient (Wildman–Crippen LogP) is 3.22. The summed E-state index contributed by atoms with van der Waals surface area (Å²) in [5, 5.41) is 0. The highest BCUT2D eigenvalue weighted by Crippen LogP contribution is 2.30. The first-order valence-electron chi connectivity index (χ1n) is 7.95. The summed E-state index contributed by atoms with van der Waals surface area (Å²) < 4.78 is 48.6. The van der Waals surface area contributed by atoms with Crippen molar-refractivity contribution >= 4 is 5.91 Å². The van der Waals surface area contributed by atoms with E-state index in [-0.39, 0.29) is 11.5 Å². The SMILES string of the molecule is COCCOCC1CCN(C(=O)c2cccc(C(F)(F)F)c2)CC1. The molecule has 1 amide bonds. The number of carbonyl (C=O) groups is 1. The number of piperidine rings is 1. The Labute approximate surface area is 139 Å². The first-order chi connectivity index (χ1) is 11.4. The topological polar surface area (TPSA) is 38.8 Å². The molecule has 1 aromatic carbocycles. The first-order valence-corrected chi connectivity index (χ1v) is 7.95. The summed E-state index contributed by atoms with van der Waals surface area (Å²) in [6, 6.07) is 4.59. The third-order valence-electron chi connectivity index (χ3n) is 4.12. The number of halogens is 3. The Morgan fingerprint density at radius 1 is 1.25 bits per heavy atom. The third kappa shape index (κ3) is 5.21. The second kappa shape index (κ2) is 8.48. The molecule has 0 saturated carbocycles. The molecule has 4 nitrogen and oxygen atoms in total. The van der Waals surface area contributed by atoms with E-state index in [9.17, 15) is 18.0 Å². The lowest BCUT2D eigenvalue weighted by atomic mass is 9.97. The number of amides is 1. The fraction of sp³-hybridized carbons (Fsp3) is 0.588. The maximum atomic E-state index is 12.8. The Balaban J connectivity index is 1.87. The van der Waals surface area contributed by atoms with Gasteiger partial charge in [0, 0.05) is 32.4 Å². The van der Waals surface area contributed by atoms with Crippen LogP contribution in [0.15, 0.2) is 24.3 Å². The lowest BCUT2D eigenvalue weighted by Crippen LogP contribution is -2.39. The van der Waals surface area contributed by atoms with Gasteiger partial charge in [-0.15, -0.1) is 0 Å². The molecule has 1 aliphatic rings. The largest absolute Gasteiger partial charge is 0.416 e. The molecule has 24 heavy (non-hydrogen) atoms. The van der Waals surface area contributed by atoms with Crippen molar-refractivity contribution in [2.24, 2.45) is 5.92 Å². The van der Waals surface area contributed by atoms with Crippen molar-refractivity contribution in [1.29, 1.82) is 0 Å². The Morgan fingerprint density at radius 2 is 1.96 bits per heavy atom. The molecule has 134 valence electrons. The van der Waals surface area contributed by atoms with Crippen LogP contribution in [0, 0.1) is 5.92 Å². The number of hydrogen-bond acceptors (Lipinski definition) is 3. The summed E-state index contributed by atoms with van der Waals surface area (Å²) >= 11 is 0. The number of benzene rings is 1. The molecule has 0 aromatic heterocycles. The van der Waals surface area contributed by atoms with Crippen LogP contribution < -0.4 is 0 Å². The molecule has 1 aromatic rings. The van der Waals surface area contributed by atoms with Crippen molar-refractivity contribution in [2.75, 3.05) is 40.0 Å². The second-order valence-corrected chi connectivity index (χ2v) is 5.88. The highest BCUT2D eigenvalue weighted by atomic mass is 19.4. The summed E-state index contributed by atoms with van der Waals surface area (Å²) in [6.45, 7) is 2.78. The molecule has 0 spiro atoms. The number of alkyl halides is 3. The van der Waals surface area contributed by atoms with E-state index in [1.807, 2.05) is 0 Å². The highest BCUT2D eigenvalue weighted by molar-refractivity contribution is 5.94. The van der Waals surface area contributed by atoms with Crippen LogP contribution in [0.5, 0.6) is 0 Å². The first kappa shape index (κ1) is 18.7. The van der Waals surface area contributed by atoms with Crippen molar-refractivity contribution in [3.05, 3.63) is 35.4 Å². The van der Waals surface area contributed by atoms with Crippen LogP contribution in [0.3, 0.4) is 0 Å². The van der Waals surface area contributed by atoms with Gasteiger partial charge in [-0.1, -0.05) is 6.07 Å². The molecular weight excluding hydrogens is 323 g/mol. The van der Waals surface area contributed by atoms with Crippen LogP contribution in [-0.4, -0.2) is 50.8 Å². The minimum Gasteiger partial charge on any atom is -0.382 e. The molecule has 1 fully saturated rings. The predicted molar refractivity (Wildman–Crippen MR) is 82.8 cm³/mol. The van der Waals surface area contributed by atoms with Gasteiger partial charge in [-0.05, 0) is 37.0 Å². The van der Waals surface area contributed by atoms with Gasteiger partial charge in [0.25, 0.3) is 5.91 Å². The zero-order valence-electron chi connectivity index (χ0n) is 13.6. The van der Waals surface area contributed by atoms with Crippen molar-refractivity contribution in [1.82, 2.24) is 4.90 Å². The van der Waals surface area contributed by atoms with Gasteiger partial charge in [0.1, 0.15) is 0 Å². The Bertz CT molecular complexity index is 540. The lowest BCUT2D eigenvalue weighted by molar-refractivity contribution is -0.137. The van der Waals surface area contributed by atoms with Gasteiger partial charge in [-0.25, -0.2) is 0 Å². The monoisotopic (exact) mass is 345 g/mol. The molecular formula is C17H22F3NO3. The van der Waals surface area contributed by atoms with Gasteiger partial charge >= 0.3 is 6.18 Å². The van der Waals surface area contributed by atoms with E-state index in [0.29, 0.717) is 38.8 Å². The Morgan fingerprint density at radius 3 is 2.58 bits per heavy atom. The maximum Gasteiger partial charge on any atom is 0.416 e. The maximum absolute atomic E-state index is 12.8. The van der Waals surface area contributed by atoms with Crippen LogP contribution >= 0.6 is 0 Å². The van der Waals surface area contributed by atoms with Gasteiger partial charge in [-0.2, -0.15) is 13.2 Å². The van der Waals surface area contributed by atoms with Gasteiger partial charge in [-0.3, -0.25) is 4.79 Å². The van der Waals surface area contributed by atoms with Gasteiger partial charge < -0.3 is 14.4 Å². The van der Waals surface area contributed by atoms with E-state index in [1.54, 1.807) is 12.0 Å². The molecule has 0 unspecified atom stereocenters. The van der Waals surface area contributed by atoms with Crippen molar-refractivity contribution in [3.63, 3.8) is 0 Å². The van der Waals surface area contributed by atoms with Crippen molar-refractivity contribution < 1.29 is 27.4 Å². The number of ether oxygens (including phenoxy) is 2. The molecule has 0 atom stereocenters. The van der Waals surface area contributed by atoms with E-state index in [2.05, 4.69) is 0 Å². The zero-order valence-corrected chi connectivity index (χ0v) is 13.6. The fourth-order valence-corrected chi connectivity index (χ4v) is 2.71.